The molecule has 0 bridgehead atoms. The number of nitrogens with zero attached hydrogens (tertiary/aromatic N) is 2. The molecule has 0 radical (unpaired) electrons. The number of aliphatic imine (C=N–C) groups is 1. The molecular formula is C17H19ClFN3O3. The first-order chi connectivity index (χ1) is 11.9. The lowest BCUT2D eigenvalue weighted by molar-refractivity contribution is -0.141. The van der Waals surface area contributed by atoms with Crippen molar-refractivity contribution >= 4 is 29.4 Å². The number of ether oxygens (including phenoxy) is 1. The summed E-state index contributed by atoms with van der Waals surface area (Å²) in [6, 6.07) is 6.14. The van der Waals surface area contributed by atoms with Gasteiger partial charge in [-0.3, -0.25) is 14.9 Å². The molecule has 6 nitrogen and oxygen atoms in total. The van der Waals surface area contributed by atoms with Crippen LogP contribution in [0.15, 0.2) is 29.3 Å². The van der Waals surface area contributed by atoms with Crippen LogP contribution in [-0.2, 0) is 20.9 Å². The number of likely N-dealkylation sites (tertiary alicyclic amines) is 1. The van der Waals surface area contributed by atoms with E-state index >= 15 is 0 Å². The van der Waals surface area contributed by atoms with Crippen LogP contribution in [-0.4, -0.2) is 46.8 Å². The summed E-state index contributed by atoms with van der Waals surface area (Å²) >= 11 is 5.83. The van der Waals surface area contributed by atoms with Gasteiger partial charge < -0.3 is 9.64 Å². The topological polar surface area (TPSA) is 71.0 Å². The van der Waals surface area contributed by atoms with Crippen LogP contribution >= 0.6 is 11.6 Å². The lowest BCUT2D eigenvalue weighted by Crippen LogP contribution is -2.52. The van der Waals surface area contributed by atoms with E-state index in [2.05, 4.69) is 10.3 Å². The van der Waals surface area contributed by atoms with Crippen LogP contribution in [0.1, 0.15) is 25.3 Å². The van der Waals surface area contributed by atoms with Gasteiger partial charge in [-0.2, -0.15) is 0 Å². The van der Waals surface area contributed by atoms with Crippen LogP contribution in [0.2, 0.25) is 0 Å². The van der Waals surface area contributed by atoms with Crippen molar-refractivity contribution in [1.82, 2.24) is 10.2 Å². The highest BCUT2D eigenvalue weighted by Crippen LogP contribution is 2.31. The Morgan fingerprint density at radius 2 is 2.04 bits per heavy atom. The SMILES string of the molecule is CC(Cl)C(=O)N1CCC2(CC1)OC(=NCc1ccc(F)cc1)NC2=O. The van der Waals surface area contributed by atoms with E-state index in [1.54, 1.807) is 24.0 Å². The van der Waals surface area contributed by atoms with E-state index in [-0.39, 0.29) is 30.2 Å². The third kappa shape index (κ3) is 3.76. The molecule has 2 fully saturated rings. The standard InChI is InChI=1S/C17H19ClFN3O3/c1-11(18)14(23)22-8-6-17(7-9-22)15(24)21-16(25-17)20-10-12-2-4-13(19)5-3-12/h2-5,11H,6-10H2,1H3,(H,20,21,24). The maximum Gasteiger partial charge on any atom is 0.292 e. The summed E-state index contributed by atoms with van der Waals surface area (Å²) in [4.78, 5) is 30.2. The largest absolute Gasteiger partial charge is 0.448 e. The van der Waals surface area contributed by atoms with Gasteiger partial charge in [0, 0.05) is 25.9 Å². The molecule has 0 saturated carbocycles. The molecule has 134 valence electrons. The Hall–Kier alpha value is -2.15. The van der Waals surface area contributed by atoms with Gasteiger partial charge in [-0.1, -0.05) is 12.1 Å². The first-order valence-corrected chi connectivity index (χ1v) is 8.55. The number of carbonyl (C=O) groups excluding carboxylic acids is 2. The Balaban J connectivity index is 1.62. The Labute approximate surface area is 150 Å². The lowest BCUT2D eigenvalue weighted by Gasteiger charge is -2.36. The summed E-state index contributed by atoms with van der Waals surface area (Å²) in [5, 5.41) is 2.06. The molecule has 0 aliphatic carbocycles. The second-order valence-corrected chi connectivity index (χ2v) is 6.89. The monoisotopic (exact) mass is 367 g/mol. The Kier molecular flexibility index (Phi) is 4.94. The quantitative estimate of drug-likeness (QED) is 0.828. The molecule has 2 heterocycles. The third-order valence-electron chi connectivity index (χ3n) is 4.47. The number of amides is 2. The Morgan fingerprint density at radius 1 is 1.40 bits per heavy atom. The van der Waals surface area contributed by atoms with Crippen molar-refractivity contribution in [3.05, 3.63) is 35.6 Å². The molecule has 8 heteroatoms. The van der Waals surface area contributed by atoms with Gasteiger partial charge in [-0.05, 0) is 24.6 Å². The molecule has 2 amide bonds. The van der Waals surface area contributed by atoms with Crippen molar-refractivity contribution in [3.8, 4) is 0 Å². The van der Waals surface area contributed by atoms with Crippen LogP contribution in [0, 0.1) is 5.82 Å². The minimum Gasteiger partial charge on any atom is -0.448 e. The highest BCUT2D eigenvalue weighted by molar-refractivity contribution is 6.30. The van der Waals surface area contributed by atoms with Crippen LogP contribution in [0.5, 0.6) is 0 Å². The van der Waals surface area contributed by atoms with Crippen LogP contribution < -0.4 is 5.32 Å². The van der Waals surface area contributed by atoms with Crippen molar-refractivity contribution in [2.24, 2.45) is 4.99 Å². The molecule has 0 aromatic heterocycles. The van der Waals surface area contributed by atoms with Gasteiger partial charge in [-0.15, -0.1) is 11.6 Å². The maximum absolute atomic E-state index is 12.9. The van der Waals surface area contributed by atoms with E-state index in [1.165, 1.54) is 12.1 Å². The number of rotatable bonds is 3. The summed E-state index contributed by atoms with van der Waals surface area (Å²) in [6.45, 7) is 2.73. The van der Waals surface area contributed by atoms with E-state index in [9.17, 15) is 14.0 Å². The second-order valence-electron chi connectivity index (χ2n) is 6.24. The van der Waals surface area contributed by atoms with E-state index in [1.807, 2.05) is 0 Å². The normalized spacial score (nSPS) is 22.0. The maximum atomic E-state index is 12.9. The number of halogens is 2. The first kappa shape index (κ1) is 17.7. The van der Waals surface area contributed by atoms with Crippen molar-refractivity contribution in [1.29, 1.82) is 0 Å². The highest BCUT2D eigenvalue weighted by atomic mass is 35.5. The number of piperidine rings is 1. The van der Waals surface area contributed by atoms with Crippen molar-refractivity contribution in [2.45, 2.75) is 37.3 Å². The number of benzene rings is 1. The molecule has 25 heavy (non-hydrogen) atoms. The van der Waals surface area contributed by atoms with Crippen molar-refractivity contribution in [2.75, 3.05) is 13.1 Å². The number of alkyl halides is 1. The van der Waals surface area contributed by atoms with E-state index in [4.69, 9.17) is 16.3 Å². The molecule has 2 aliphatic rings. The first-order valence-electron chi connectivity index (χ1n) is 8.12. The Morgan fingerprint density at radius 3 is 2.64 bits per heavy atom. The third-order valence-corrected chi connectivity index (χ3v) is 4.65. The molecule has 1 atom stereocenters. The summed E-state index contributed by atoms with van der Waals surface area (Å²) in [5.74, 6) is -0.690. The summed E-state index contributed by atoms with van der Waals surface area (Å²) in [7, 11) is 0. The number of hydrogen-bond donors (Lipinski definition) is 1. The predicted octanol–water partition coefficient (Wildman–Crippen LogP) is 1.82. The Bertz CT molecular complexity index is 698. The molecule has 1 N–H and O–H groups in total. The van der Waals surface area contributed by atoms with Crippen molar-refractivity contribution < 1.29 is 18.7 Å². The molecule has 2 saturated heterocycles. The van der Waals surface area contributed by atoms with Crippen LogP contribution in [0.4, 0.5) is 4.39 Å². The minimum atomic E-state index is -0.978. The van der Waals surface area contributed by atoms with Gasteiger partial charge in [-0.25, -0.2) is 9.38 Å². The summed E-state index contributed by atoms with van der Waals surface area (Å²) in [5.41, 5.74) is -0.169. The molecular weight excluding hydrogens is 349 g/mol. The average molecular weight is 368 g/mol. The fraction of sp³-hybridized carbons (Fsp3) is 0.471. The lowest BCUT2D eigenvalue weighted by atomic mass is 9.91. The van der Waals surface area contributed by atoms with E-state index < -0.39 is 11.0 Å². The molecule has 1 aromatic rings. The summed E-state index contributed by atoms with van der Waals surface area (Å²) in [6.07, 6.45) is 0.785. The van der Waals surface area contributed by atoms with Crippen LogP contribution in [0.3, 0.4) is 0 Å². The van der Waals surface area contributed by atoms with Gasteiger partial charge in [0.1, 0.15) is 11.2 Å². The van der Waals surface area contributed by atoms with Gasteiger partial charge in [0.2, 0.25) is 5.91 Å². The molecule has 1 spiro atoms. The van der Waals surface area contributed by atoms with Gasteiger partial charge in [0.05, 0.1) is 6.54 Å². The molecule has 1 unspecified atom stereocenters. The van der Waals surface area contributed by atoms with Gasteiger partial charge in [0.15, 0.2) is 5.60 Å². The van der Waals surface area contributed by atoms with Crippen molar-refractivity contribution in [3.63, 3.8) is 0 Å². The zero-order valence-electron chi connectivity index (χ0n) is 13.8. The molecule has 1 aromatic carbocycles. The second kappa shape index (κ2) is 7.00. The van der Waals surface area contributed by atoms with Gasteiger partial charge in [0.25, 0.3) is 11.9 Å². The van der Waals surface area contributed by atoms with Crippen LogP contribution in [0.25, 0.3) is 0 Å². The number of amidine groups is 1. The fourth-order valence-corrected chi connectivity index (χ4v) is 3.10. The smallest absolute Gasteiger partial charge is 0.292 e. The molecule has 2 aliphatic heterocycles. The van der Waals surface area contributed by atoms with E-state index in [0.717, 1.165) is 5.56 Å². The number of carbonyl (C=O) groups is 2. The highest BCUT2D eigenvalue weighted by Gasteiger charge is 2.50. The zero-order valence-corrected chi connectivity index (χ0v) is 14.6. The number of nitrogens with one attached hydrogen (secondary N) is 1. The van der Waals surface area contributed by atoms with E-state index in [0.29, 0.717) is 25.9 Å². The zero-order chi connectivity index (χ0) is 18.0. The molecule has 3 rings (SSSR count). The van der Waals surface area contributed by atoms with Gasteiger partial charge >= 0.3 is 0 Å². The fourth-order valence-electron chi connectivity index (χ4n) is 2.96. The predicted molar refractivity (Wildman–Crippen MR) is 90.6 cm³/mol. The minimum absolute atomic E-state index is 0.139. The average Bonchev–Trinajstić information content (AvgIpc) is 2.90. The summed E-state index contributed by atoms with van der Waals surface area (Å²) < 4.78 is 18.7. The number of hydrogen-bond acceptors (Lipinski definition) is 4.